The van der Waals surface area contributed by atoms with Crippen LogP contribution in [0, 0.1) is 0 Å². The number of hydrogen-bond acceptors (Lipinski definition) is 11. The van der Waals surface area contributed by atoms with Crippen LogP contribution in [0.25, 0.3) is 0 Å². The maximum atomic E-state index is 15.3. The summed E-state index contributed by atoms with van der Waals surface area (Å²) >= 11 is 0. The second-order valence-electron chi connectivity index (χ2n) is 6.58. The molecule has 0 radical (unpaired) electrons. The Labute approximate surface area is 169 Å². The Morgan fingerprint density at radius 1 is 1.19 bits per heavy atom. The highest BCUT2D eigenvalue weighted by molar-refractivity contribution is 7.66. The number of fused-ring (bicyclic) bond motifs is 1. The Morgan fingerprint density at radius 2 is 1.77 bits per heavy atom. The lowest BCUT2D eigenvalue weighted by Gasteiger charge is -2.30. The van der Waals surface area contributed by atoms with Crippen LogP contribution < -0.4 is 11.4 Å². The van der Waals surface area contributed by atoms with Crippen molar-refractivity contribution in [2.24, 2.45) is 0 Å². The second kappa shape index (κ2) is 6.93. The van der Waals surface area contributed by atoms with Gasteiger partial charge in [-0.2, -0.15) is 13.6 Å². The van der Waals surface area contributed by atoms with Gasteiger partial charge in [0.2, 0.25) is 0 Å². The number of halogens is 2. The normalized spacial score (nSPS) is 38.8. The van der Waals surface area contributed by atoms with Gasteiger partial charge in [0.1, 0.15) is 5.82 Å². The topological polar surface area (TPSA) is 250 Å². The van der Waals surface area contributed by atoms with Crippen LogP contribution in [0.5, 0.6) is 0 Å². The van der Waals surface area contributed by atoms with Crippen LogP contribution in [0.4, 0.5) is 14.6 Å². The van der Waals surface area contributed by atoms with Crippen LogP contribution in [-0.2, 0) is 31.6 Å². The Bertz CT molecular complexity index is 1120. The number of phosphoric acid groups is 3. The molecule has 3 rings (SSSR count). The van der Waals surface area contributed by atoms with Crippen molar-refractivity contribution in [3.05, 3.63) is 22.7 Å². The lowest BCUT2D eigenvalue weighted by atomic mass is 9.97. The third kappa shape index (κ3) is 4.04. The van der Waals surface area contributed by atoms with Crippen molar-refractivity contribution in [3.8, 4) is 0 Å². The van der Waals surface area contributed by atoms with E-state index in [1.54, 1.807) is 0 Å². The first-order valence-corrected chi connectivity index (χ1v) is 12.2. The lowest BCUT2D eigenvalue weighted by Crippen LogP contribution is -2.47. The van der Waals surface area contributed by atoms with Crippen LogP contribution in [0.3, 0.4) is 0 Å². The minimum Gasteiger partial charge on any atom is -0.383 e. The predicted molar refractivity (Wildman–Crippen MR) is 90.1 cm³/mol. The third-order valence-corrected chi connectivity index (χ3v) is 8.21. The van der Waals surface area contributed by atoms with Crippen molar-refractivity contribution >= 4 is 29.3 Å². The summed E-state index contributed by atoms with van der Waals surface area (Å²) in [6.45, 7) is 0.558. The highest BCUT2D eigenvalue weighted by Gasteiger charge is 2.96. The number of ether oxygens (including phenoxy) is 1. The van der Waals surface area contributed by atoms with Gasteiger partial charge >= 0.3 is 29.2 Å². The van der Waals surface area contributed by atoms with Gasteiger partial charge in [0, 0.05) is 6.20 Å². The van der Waals surface area contributed by atoms with Crippen LogP contribution >= 0.6 is 23.5 Å². The van der Waals surface area contributed by atoms with E-state index in [-0.39, 0.29) is 5.82 Å². The number of nitrogens with two attached hydrogens (primary N) is 1. The largest absolute Gasteiger partial charge is 0.490 e. The fourth-order valence-electron chi connectivity index (χ4n) is 3.07. The number of aliphatic hydroxyl groups is 1. The molecule has 1 saturated heterocycles. The maximum absolute atomic E-state index is 15.3. The first-order valence-electron chi connectivity index (χ1n) is 7.71. The molecule has 0 aromatic carbocycles. The van der Waals surface area contributed by atoms with Gasteiger partial charge in [-0.3, -0.25) is 9.09 Å². The Morgan fingerprint density at radius 3 is 2.23 bits per heavy atom. The standard InChI is InChI=1S/C10H14F2N3O13P3/c1-8(11)6(15-3-2-4(13)14-7(15)16)25-10(12)5(9(8,10)17)26-30(21,22)28-31(23,24)27-29(18,19)20/h2-3,5-6,17H,1H3,(H,21,22)(H,23,24)(H2,13,14,16)(H2,18,19,20)/t5?,6-,8+,9+,10-/m1/s1. The third-order valence-electron chi connectivity index (χ3n) is 4.40. The molecule has 2 aliphatic rings. The second-order valence-corrected chi connectivity index (χ2v) is 10.9. The van der Waals surface area contributed by atoms with Gasteiger partial charge in [-0.15, -0.1) is 0 Å². The lowest BCUT2D eigenvalue weighted by molar-refractivity contribution is -0.160. The van der Waals surface area contributed by atoms with Gasteiger partial charge in [0.25, 0.3) is 5.85 Å². The monoisotopic (exact) mass is 515 g/mol. The fraction of sp³-hybridized carbons (Fsp3) is 0.600. The molecule has 1 aromatic heterocycles. The average Bonchev–Trinajstić information content (AvgIpc) is 2.91. The minimum atomic E-state index is -5.95. The highest BCUT2D eigenvalue weighted by Crippen LogP contribution is 2.75. The molecule has 1 aliphatic carbocycles. The van der Waals surface area contributed by atoms with E-state index in [0.29, 0.717) is 11.5 Å². The number of hydrogen-bond donors (Lipinski definition) is 6. The van der Waals surface area contributed by atoms with Crippen LogP contribution in [0.1, 0.15) is 13.2 Å². The number of nitrogens with zero attached hydrogens (tertiary/aromatic N) is 2. The van der Waals surface area contributed by atoms with Crippen molar-refractivity contribution in [3.63, 3.8) is 0 Å². The number of aromatic nitrogens is 2. The van der Waals surface area contributed by atoms with Gasteiger partial charge in [-0.05, 0) is 13.0 Å². The molecule has 1 aromatic rings. The molecule has 16 nitrogen and oxygen atoms in total. The van der Waals surface area contributed by atoms with E-state index in [9.17, 15) is 28.5 Å². The summed E-state index contributed by atoms with van der Waals surface area (Å²) in [5, 5.41) is 10.4. The summed E-state index contributed by atoms with van der Waals surface area (Å²) in [7, 11) is -17.6. The van der Waals surface area contributed by atoms with E-state index >= 15 is 8.78 Å². The van der Waals surface area contributed by atoms with Crippen molar-refractivity contribution in [2.75, 3.05) is 5.73 Å². The highest BCUT2D eigenvalue weighted by atomic mass is 31.3. The zero-order valence-electron chi connectivity index (χ0n) is 14.9. The first kappa shape index (κ1) is 24.5. The van der Waals surface area contributed by atoms with Crippen molar-refractivity contribution < 1.29 is 65.0 Å². The van der Waals surface area contributed by atoms with Crippen LogP contribution in [-0.4, -0.2) is 57.5 Å². The molecular formula is C10H14F2N3O13P3. The molecule has 31 heavy (non-hydrogen) atoms. The van der Waals surface area contributed by atoms with E-state index in [4.69, 9.17) is 25.2 Å². The van der Waals surface area contributed by atoms with Crippen molar-refractivity contribution in [1.82, 2.24) is 9.55 Å². The zero-order valence-corrected chi connectivity index (χ0v) is 17.6. The van der Waals surface area contributed by atoms with Crippen molar-refractivity contribution in [1.29, 1.82) is 0 Å². The summed E-state index contributed by atoms with van der Waals surface area (Å²) in [6, 6.07) is 1.03. The van der Waals surface area contributed by atoms with E-state index in [1.807, 2.05) is 0 Å². The molecule has 7 N–H and O–H groups in total. The van der Waals surface area contributed by atoms with E-state index in [0.717, 1.165) is 12.3 Å². The van der Waals surface area contributed by atoms with Crippen LogP contribution in [0.2, 0.25) is 0 Å². The Kier molecular flexibility index (Phi) is 5.48. The van der Waals surface area contributed by atoms with E-state index < -0.39 is 58.6 Å². The molecular weight excluding hydrogens is 501 g/mol. The van der Waals surface area contributed by atoms with Crippen molar-refractivity contribution in [2.45, 2.75) is 36.4 Å². The Balaban J connectivity index is 1.83. The van der Waals surface area contributed by atoms with Crippen LogP contribution in [0.15, 0.2) is 17.1 Å². The number of alkyl halides is 2. The smallest absolute Gasteiger partial charge is 0.383 e. The first-order chi connectivity index (χ1) is 13.8. The quantitative estimate of drug-likeness (QED) is 0.243. The molecule has 1 aliphatic heterocycles. The Hall–Kier alpha value is -1.13. The summed E-state index contributed by atoms with van der Waals surface area (Å²) < 4.78 is 80.3. The fourth-order valence-corrected chi connectivity index (χ4v) is 6.28. The molecule has 3 unspecified atom stereocenters. The van der Waals surface area contributed by atoms with Gasteiger partial charge in [-0.1, -0.05) is 0 Å². The summed E-state index contributed by atoms with van der Waals surface area (Å²) in [4.78, 5) is 50.6. The summed E-state index contributed by atoms with van der Waals surface area (Å²) in [5.74, 6) is -3.82. The predicted octanol–water partition coefficient (Wildman–Crippen LogP) is -0.795. The summed E-state index contributed by atoms with van der Waals surface area (Å²) in [6.07, 6.45) is -3.92. The molecule has 176 valence electrons. The molecule has 0 amide bonds. The summed E-state index contributed by atoms with van der Waals surface area (Å²) in [5.41, 5.74) is -2.46. The molecule has 1 saturated carbocycles. The molecule has 0 bridgehead atoms. The maximum Gasteiger partial charge on any atom is 0.490 e. The number of phosphoric ester groups is 1. The van der Waals surface area contributed by atoms with E-state index in [2.05, 4.69) is 18.1 Å². The average molecular weight is 515 g/mol. The van der Waals surface area contributed by atoms with E-state index in [1.165, 1.54) is 0 Å². The molecule has 2 fully saturated rings. The number of nitrogen functional groups attached to an aromatic ring is 1. The van der Waals surface area contributed by atoms with Gasteiger partial charge < -0.3 is 35.2 Å². The molecule has 7 atom stereocenters. The number of rotatable bonds is 7. The minimum absolute atomic E-state index is 0.260. The SMILES string of the molecule is C[C@]1(F)[C@H](n2ccc(N)nc2=O)O[C@]2(F)C(OP(=O)(O)OP(=O)(O)OP(=O)(O)O)[C@]12O. The van der Waals surface area contributed by atoms with Gasteiger partial charge in [0.05, 0.1) is 0 Å². The number of anilines is 1. The van der Waals surface area contributed by atoms with Gasteiger partial charge in [0.15, 0.2) is 23.6 Å². The molecule has 2 heterocycles. The van der Waals surface area contributed by atoms with Gasteiger partial charge in [-0.25, -0.2) is 27.3 Å². The molecule has 0 spiro atoms. The zero-order chi connectivity index (χ0) is 23.8. The molecule has 21 heteroatoms.